The van der Waals surface area contributed by atoms with E-state index in [0.29, 0.717) is 0 Å². The molecule has 0 saturated heterocycles. The number of aromatic nitrogens is 2. The van der Waals surface area contributed by atoms with Crippen LogP contribution in [-0.4, -0.2) is 17.1 Å². The van der Waals surface area contributed by atoms with Crippen LogP contribution in [0, 0.1) is 13.8 Å². The number of hydrogen-bond acceptors (Lipinski definition) is 4. The number of hydrogen-bond donors (Lipinski definition) is 3. The minimum absolute atomic E-state index is 0.149. The average molecular weight is 246 g/mol. The number of aryl methyl sites for hydroxylation is 2. The number of H-pyrrole nitrogens is 1. The number of nitrogens with one attached hydrogen (secondary N) is 2. The van der Waals surface area contributed by atoms with Crippen LogP contribution in [0.3, 0.4) is 0 Å². The third-order valence-corrected chi connectivity index (χ3v) is 3.05. The van der Waals surface area contributed by atoms with Crippen molar-refractivity contribution in [2.45, 2.75) is 19.9 Å². The maximum Gasteiger partial charge on any atom is 0.129 e. The van der Waals surface area contributed by atoms with Gasteiger partial charge >= 0.3 is 0 Å². The van der Waals surface area contributed by atoms with E-state index in [2.05, 4.69) is 21.5 Å². The van der Waals surface area contributed by atoms with Crippen LogP contribution in [-0.2, 0) is 0 Å². The van der Waals surface area contributed by atoms with Gasteiger partial charge in [0, 0.05) is 12.4 Å². The van der Waals surface area contributed by atoms with Gasteiger partial charge in [-0.25, -0.2) is 10.4 Å². The predicted molar refractivity (Wildman–Crippen MR) is 70.2 cm³/mol. The quantitative estimate of drug-likeness (QED) is 0.565. The third-order valence-electron chi connectivity index (χ3n) is 3.05. The van der Waals surface area contributed by atoms with E-state index in [1.165, 1.54) is 0 Å². The molecule has 18 heavy (non-hydrogen) atoms. The van der Waals surface area contributed by atoms with Crippen molar-refractivity contribution in [3.8, 4) is 5.75 Å². The molecule has 1 atom stereocenters. The van der Waals surface area contributed by atoms with Crippen molar-refractivity contribution in [3.05, 3.63) is 47.0 Å². The van der Waals surface area contributed by atoms with E-state index in [1.54, 1.807) is 19.5 Å². The summed E-state index contributed by atoms with van der Waals surface area (Å²) in [6.07, 6.45) is 3.50. The second-order valence-corrected chi connectivity index (χ2v) is 4.25. The maximum atomic E-state index is 5.64. The zero-order valence-corrected chi connectivity index (χ0v) is 10.8. The molecule has 4 N–H and O–H groups in total. The van der Waals surface area contributed by atoms with E-state index in [9.17, 15) is 0 Å². The van der Waals surface area contributed by atoms with Crippen LogP contribution in [0.5, 0.6) is 5.75 Å². The monoisotopic (exact) mass is 246 g/mol. The number of rotatable bonds is 4. The summed E-state index contributed by atoms with van der Waals surface area (Å²) < 4.78 is 5.31. The largest absolute Gasteiger partial charge is 0.496 e. The minimum Gasteiger partial charge on any atom is -0.496 e. The molecule has 0 aliphatic heterocycles. The lowest BCUT2D eigenvalue weighted by Crippen LogP contribution is -2.30. The lowest BCUT2D eigenvalue weighted by molar-refractivity contribution is 0.411. The Bertz CT molecular complexity index is 522. The molecule has 0 saturated carbocycles. The van der Waals surface area contributed by atoms with Crippen LogP contribution in [0.2, 0.25) is 0 Å². The first-order valence-electron chi connectivity index (χ1n) is 5.78. The molecule has 0 aliphatic carbocycles. The Morgan fingerprint density at radius 1 is 1.33 bits per heavy atom. The Kier molecular flexibility index (Phi) is 3.64. The SMILES string of the molecule is COc1cc(C)c(C(NN)c2ncc[nH]2)cc1C. The smallest absolute Gasteiger partial charge is 0.129 e. The highest BCUT2D eigenvalue weighted by Gasteiger charge is 2.18. The van der Waals surface area contributed by atoms with Gasteiger partial charge in [0.15, 0.2) is 0 Å². The van der Waals surface area contributed by atoms with Gasteiger partial charge in [-0.1, -0.05) is 6.07 Å². The Labute approximate surface area is 106 Å². The van der Waals surface area contributed by atoms with Gasteiger partial charge in [-0.05, 0) is 36.6 Å². The van der Waals surface area contributed by atoms with Crippen LogP contribution in [0.25, 0.3) is 0 Å². The molecule has 96 valence electrons. The van der Waals surface area contributed by atoms with Crippen LogP contribution < -0.4 is 16.0 Å². The Morgan fingerprint density at radius 3 is 2.67 bits per heavy atom. The van der Waals surface area contributed by atoms with Crippen molar-refractivity contribution >= 4 is 0 Å². The molecule has 0 aliphatic rings. The Hall–Kier alpha value is -1.85. The van der Waals surface area contributed by atoms with Crippen molar-refractivity contribution in [2.24, 2.45) is 5.84 Å². The lowest BCUT2D eigenvalue weighted by atomic mass is 9.98. The summed E-state index contributed by atoms with van der Waals surface area (Å²) >= 11 is 0. The standard InChI is InChI=1S/C13H18N4O/c1-8-7-11(18-3)9(2)6-10(8)12(17-14)13-15-4-5-16-13/h4-7,12,17H,14H2,1-3H3,(H,15,16). The van der Waals surface area contributed by atoms with Gasteiger partial charge in [-0.3, -0.25) is 5.84 Å². The summed E-state index contributed by atoms with van der Waals surface area (Å²) in [6.45, 7) is 4.04. The molecule has 0 amide bonds. The lowest BCUT2D eigenvalue weighted by Gasteiger charge is -2.18. The van der Waals surface area contributed by atoms with E-state index < -0.39 is 0 Å². The second-order valence-electron chi connectivity index (χ2n) is 4.25. The topological polar surface area (TPSA) is 76.0 Å². The number of methoxy groups -OCH3 is 1. The van der Waals surface area contributed by atoms with Gasteiger partial charge in [0.1, 0.15) is 17.6 Å². The number of benzene rings is 1. The third kappa shape index (κ3) is 2.23. The summed E-state index contributed by atoms with van der Waals surface area (Å²) in [5, 5.41) is 0. The molecule has 1 heterocycles. The zero-order valence-electron chi connectivity index (χ0n) is 10.8. The van der Waals surface area contributed by atoms with Crippen molar-refractivity contribution in [1.29, 1.82) is 0 Å². The summed E-state index contributed by atoms with van der Waals surface area (Å²) in [7, 11) is 1.67. The fourth-order valence-electron chi connectivity index (χ4n) is 2.09. The molecule has 0 fully saturated rings. The van der Waals surface area contributed by atoms with Gasteiger partial charge in [-0.2, -0.15) is 0 Å². The summed E-state index contributed by atoms with van der Waals surface area (Å²) in [4.78, 5) is 7.32. The first kappa shape index (κ1) is 12.6. The van der Waals surface area contributed by atoms with Crippen molar-refractivity contribution < 1.29 is 4.74 Å². The molecular weight excluding hydrogens is 228 g/mol. The van der Waals surface area contributed by atoms with Crippen LogP contribution >= 0.6 is 0 Å². The Balaban J connectivity index is 2.46. The van der Waals surface area contributed by atoms with E-state index in [4.69, 9.17) is 10.6 Å². The highest BCUT2D eigenvalue weighted by atomic mass is 16.5. The van der Waals surface area contributed by atoms with Crippen molar-refractivity contribution in [1.82, 2.24) is 15.4 Å². The normalized spacial score (nSPS) is 12.4. The minimum atomic E-state index is -0.149. The molecular formula is C13H18N4O. The van der Waals surface area contributed by atoms with Crippen LogP contribution in [0.1, 0.15) is 28.6 Å². The fraction of sp³-hybridized carbons (Fsp3) is 0.308. The van der Waals surface area contributed by atoms with E-state index in [-0.39, 0.29) is 6.04 Å². The second kappa shape index (κ2) is 5.20. The molecule has 0 spiro atoms. The van der Waals surface area contributed by atoms with Gasteiger partial charge in [-0.15, -0.1) is 0 Å². The average Bonchev–Trinajstić information content (AvgIpc) is 2.87. The number of imidazole rings is 1. The maximum absolute atomic E-state index is 5.64. The molecule has 5 nitrogen and oxygen atoms in total. The van der Waals surface area contributed by atoms with E-state index in [0.717, 1.165) is 28.3 Å². The van der Waals surface area contributed by atoms with Crippen LogP contribution in [0.4, 0.5) is 0 Å². The van der Waals surface area contributed by atoms with Gasteiger partial charge in [0.25, 0.3) is 0 Å². The fourth-order valence-corrected chi connectivity index (χ4v) is 2.09. The van der Waals surface area contributed by atoms with Crippen molar-refractivity contribution in [3.63, 3.8) is 0 Å². The number of nitrogens with zero attached hydrogens (tertiary/aromatic N) is 1. The molecule has 1 aromatic carbocycles. The van der Waals surface area contributed by atoms with Crippen LogP contribution in [0.15, 0.2) is 24.5 Å². The highest BCUT2D eigenvalue weighted by molar-refractivity contribution is 5.44. The number of ether oxygens (including phenoxy) is 1. The first-order chi connectivity index (χ1) is 8.67. The molecule has 0 radical (unpaired) electrons. The van der Waals surface area contributed by atoms with Crippen molar-refractivity contribution in [2.75, 3.05) is 7.11 Å². The number of aromatic amines is 1. The molecule has 0 bridgehead atoms. The summed E-state index contributed by atoms with van der Waals surface area (Å²) in [5.74, 6) is 7.32. The zero-order chi connectivity index (χ0) is 13.1. The van der Waals surface area contributed by atoms with Gasteiger partial charge in [0.05, 0.1) is 7.11 Å². The van der Waals surface area contributed by atoms with Gasteiger partial charge in [0.2, 0.25) is 0 Å². The van der Waals surface area contributed by atoms with Gasteiger partial charge < -0.3 is 9.72 Å². The molecule has 1 unspecified atom stereocenters. The Morgan fingerprint density at radius 2 is 2.11 bits per heavy atom. The first-order valence-corrected chi connectivity index (χ1v) is 5.78. The number of hydrazine groups is 1. The summed E-state index contributed by atoms with van der Waals surface area (Å²) in [6, 6.07) is 3.93. The molecule has 2 aromatic rings. The molecule has 1 aromatic heterocycles. The summed E-state index contributed by atoms with van der Waals surface area (Å²) in [5.41, 5.74) is 6.06. The molecule has 5 heteroatoms. The van der Waals surface area contributed by atoms with E-state index >= 15 is 0 Å². The predicted octanol–water partition coefficient (Wildman–Crippen LogP) is 1.59. The highest BCUT2D eigenvalue weighted by Crippen LogP contribution is 2.28. The molecule has 2 rings (SSSR count). The number of nitrogens with two attached hydrogens (primary N) is 1. The van der Waals surface area contributed by atoms with E-state index in [1.807, 2.05) is 19.9 Å².